The van der Waals surface area contributed by atoms with Gasteiger partial charge in [0.1, 0.15) is 6.04 Å². The molecule has 0 bridgehead atoms. The van der Waals surface area contributed by atoms with E-state index in [9.17, 15) is 14.4 Å². The molecule has 138 valence electrons. The van der Waals surface area contributed by atoms with Crippen LogP contribution in [0.5, 0.6) is 0 Å². The Kier molecular flexibility index (Phi) is 5.46. The molecule has 6 nitrogen and oxygen atoms in total. The van der Waals surface area contributed by atoms with Gasteiger partial charge in [-0.3, -0.25) is 30.1 Å². The van der Waals surface area contributed by atoms with Crippen LogP contribution in [0.3, 0.4) is 0 Å². The lowest BCUT2D eigenvalue weighted by Crippen LogP contribution is -2.49. The lowest BCUT2D eigenvalue weighted by molar-refractivity contribution is -0.147. The van der Waals surface area contributed by atoms with Crippen molar-refractivity contribution in [1.82, 2.24) is 10.3 Å². The normalized spacial score (nSPS) is 23.0. The summed E-state index contributed by atoms with van der Waals surface area (Å²) in [6.45, 7) is 1.50. The molecule has 2 N–H and O–H groups in total. The van der Waals surface area contributed by atoms with Crippen molar-refractivity contribution in [3.63, 3.8) is 0 Å². The average molecular weight is 417 g/mol. The standard InChI is InChI=1S/C17H16Cl3N3O3/c1-8(23-16(25)10-4-2-3-5-11(10)17(23)26)15(24)22-21-14-12(19)6-9(18)7-13(14)20/h2-3,6-8,10-11,21H,4-5H2,1H3,(H,22,24)/t8-,10+,11+/m0/s1. The smallest absolute Gasteiger partial charge is 0.261 e. The highest BCUT2D eigenvalue weighted by Crippen LogP contribution is 2.36. The van der Waals surface area contributed by atoms with E-state index >= 15 is 0 Å². The van der Waals surface area contributed by atoms with Crippen molar-refractivity contribution < 1.29 is 14.4 Å². The fourth-order valence-corrected chi connectivity index (χ4v) is 4.13. The molecule has 0 unspecified atom stereocenters. The van der Waals surface area contributed by atoms with Crippen LogP contribution in [-0.4, -0.2) is 28.7 Å². The summed E-state index contributed by atoms with van der Waals surface area (Å²) >= 11 is 17.9. The van der Waals surface area contributed by atoms with Crippen molar-refractivity contribution in [2.75, 3.05) is 5.43 Å². The Bertz CT molecular complexity index is 763. The molecule has 3 atom stereocenters. The minimum Gasteiger partial charge on any atom is -0.296 e. The third-order valence-electron chi connectivity index (χ3n) is 4.63. The third-order valence-corrected chi connectivity index (χ3v) is 5.44. The zero-order valence-electron chi connectivity index (χ0n) is 13.8. The SMILES string of the molecule is C[C@@H](C(=O)NNc1c(Cl)cc(Cl)cc1Cl)N1C(=O)[C@@H]2CC=CC[C@H]2C1=O. The third kappa shape index (κ3) is 3.41. The second-order valence-electron chi connectivity index (χ2n) is 6.24. The van der Waals surface area contributed by atoms with E-state index in [0.29, 0.717) is 17.9 Å². The van der Waals surface area contributed by atoms with E-state index in [1.54, 1.807) is 0 Å². The van der Waals surface area contributed by atoms with Gasteiger partial charge >= 0.3 is 0 Å². The Morgan fingerprint density at radius 3 is 2.08 bits per heavy atom. The Morgan fingerprint density at radius 2 is 1.58 bits per heavy atom. The largest absolute Gasteiger partial charge is 0.296 e. The average Bonchev–Trinajstić information content (AvgIpc) is 2.84. The van der Waals surface area contributed by atoms with Crippen LogP contribution < -0.4 is 10.9 Å². The molecule has 0 saturated carbocycles. The molecule has 0 radical (unpaired) electrons. The summed E-state index contributed by atoms with van der Waals surface area (Å²) < 4.78 is 0. The minimum absolute atomic E-state index is 0.223. The molecule has 1 aliphatic carbocycles. The summed E-state index contributed by atoms with van der Waals surface area (Å²) in [5.41, 5.74) is 5.33. The predicted octanol–water partition coefficient (Wildman–Crippen LogP) is 3.43. The summed E-state index contributed by atoms with van der Waals surface area (Å²) in [4.78, 5) is 38.5. The number of hydrogen-bond donors (Lipinski definition) is 2. The van der Waals surface area contributed by atoms with E-state index in [-0.39, 0.29) is 39.4 Å². The van der Waals surface area contributed by atoms with Crippen LogP contribution in [0.2, 0.25) is 15.1 Å². The highest BCUT2D eigenvalue weighted by atomic mass is 35.5. The van der Waals surface area contributed by atoms with Gasteiger partial charge in [0.05, 0.1) is 27.6 Å². The summed E-state index contributed by atoms with van der Waals surface area (Å²) in [5.74, 6) is -1.93. The van der Waals surface area contributed by atoms with E-state index in [0.717, 1.165) is 4.90 Å². The van der Waals surface area contributed by atoms with Gasteiger partial charge in [-0.05, 0) is 31.9 Å². The van der Waals surface area contributed by atoms with Crippen molar-refractivity contribution in [1.29, 1.82) is 0 Å². The van der Waals surface area contributed by atoms with Gasteiger partial charge in [0.2, 0.25) is 11.8 Å². The number of amides is 3. The molecule has 1 aromatic carbocycles. The maximum atomic E-state index is 12.5. The quantitative estimate of drug-likeness (QED) is 0.448. The number of hydrogen-bond acceptors (Lipinski definition) is 4. The lowest BCUT2D eigenvalue weighted by Gasteiger charge is -2.23. The predicted molar refractivity (Wildman–Crippen MR) is 99.9 cm³/mol. The Labute approximate surface area is 165 Å². The van der Waals surface area contributed by atoms with Crippen LogP contribution >= 0.6 is 34.8 Å². The van der Waals surface area contributed by atoms with E-state index in [1.807, 2.05) is 12.2 Å². The first kappa shape index (κ1) is 19.0. The number of likely N-dealkylation sites (tertiary alicyclic amines) is 1. The van der Waals surface area contributed by atoms with Crippen molar-refractivity contribution in [2.45, 2.75) is 25.8 Å². The molecule has 1 fully saturated rings. The molecule has 2 aliphatic rings. The number of carbonyl (C=O) groups excluding carboxylic acids is 3. The first-order valence-electron chi connectivity index (χ1n) is 8.03. The highest BCUT2D eigenvalue weighted by Gasteiger charge is 2.50. The molecule has 0 spiro atoms. The molecular formula is C17H16Cl3N3O3. The van der Waals surface area contributed by atoms with Crippen molar-refractivity contribution in [2.24, 2.45) is 11.8 Å². The molecule has 26 heavy (non-hydrogen) atoms. The first-order chi connectivity index (χ1) is 12.3. The van der Waals surface area contributed by atoms with Crippen LogP contribution in [0.15, 0.2) is 24.3 Å². The number of nitrogens with zero attached hydrogens (tertiary/aromatic N) is 1. The van der Waals surface area contributed by atoms with Crippen LogP contribution in [0.4, 0.5) is 5.69 Å². The van der Waals surface area contributed by atoms with Gasteiger partial charge in [-0.25, -0.2) is 0 Å². The number of hydrazine groups is 1. The van der Waals surface area contributed by atoms with Gasteiger partial charge in [-0.1, -0.05) is 47.0 Å². The van der Waals surface area contributed by atoms with Crippen molar-refractivity contribution in [3.8, 4) is 0 Å². The fraction of sp³-hybridized carbons (Fsp3) is 0.353. The summed E-state index contributed by atoms with van der Waals surface area (Å²) in [7, 11) is 0. The number of anilines is 1. The number of benzene rings is 1. The molecular weight excluding hydrogens is 401 g/mol. The van der Waals surface area contributed by atoms with Gasteiger partial charge in [-0.15, -0.1) is 0 Å². The molecule has 0 aromatic heterocycles. The number of fused-ring (bicyclic) bond motifs is 1. The van der Waals surface area contributed by atoms with Crippen LogP contribution in [0, 0.1) is 11.8 Å². The maximum absolute atomic E-state index is 12.5. The van der Waals surface area contributed by atoms with E-state index in [2.05, 4.69) is 10.9 Å². The number of halogens is 3. The van der Waals surface area contributed by atoms with Crippen LogP contribution in [-0.2, 0) is 14.4 Å². The summed E-state index contributed by atoms with van der Waals surface area (Å²) in [6, 6.07) is 1.98. The highest BCUT2D eigenvalue weighted by molar-refractivity contribution is 6.41. The van der Waals surface area contributed by atoms with Gasteiger partial charge in [0, 0.05) is 5.02 Å². The number of nitrogens with one attached hydrogen (secondary N) is 2. The number of imide groups is 1. The van der Waals surface area contributed by atoms with Gasteiger partial charge in [0.15, 0.2) is 0 Å². The van der Waals surface area contributed by atoms with Gasteiger partial charge < -0.3 is 0 Å². The van der Waals surface area contributed by atoms with E-state index in [1.165, 1.54) is 19.1 Å². The van der Waals surface area contributed by atoms with Crippen molar-refractivity contribution in [3.05, 3.63) is 39.4 Å². The summed E-state index contributed by atoms with van der Waals surface area (Å²) in [5, 5.41) is 0.802. The molecule has 1 saturated heterocycles. The van der Waals surface area contributed by atoms with Crippen LogP contribution in [0.25, 0.3) is 0 Å². The fourth-order valence-electron chi connectivity index (χ4n) is 3.22. The molecule has 1 aliphatic heterocycles. The topological polar surface area (TPSA) is 78.5 Å². The zero-order valence-corrected chi connectivity index (χ0v) is 16.0. The minimum atomic E-state index is -0.960. The monoisotopic (exact) mass is 415 g/mol. The molecule has 3 amide bonds. The molecule has 3 rings (SSSR count). The number of allylic oxidation sites excluding steroid dienone is 2. The van der Waals surface area contributed by atoms with Gasteiger partial charge in [-0.2, -0.15) is 0 Å². The Balaban J connectivity index is 1.69. The van der Waals surface area contributed by atoms with Crippen molar-refractivity contribution >= 4 is 58.2 Å². The maximum Gasteiger partial charge on any atom is 0.261 e. The van der Waals surface area contributed by atoms with Crippen LogP contribution in [0.1, 0.15) is 19.8 Å². The molecule has 9 heteroatoms. The second-order valence-corrected chi connectivity index (χ2v) is 7.49. The number of carbonyl (C=O) groups is 3. The first-order valence-corrected chi connectivity index (χ1v) is 9.17. The Hall–Kier alpha value is -1.76. The zero-order chi connectivity index (χ0) is 19.0. The summed E-state index contributed by atoms with van der Waals surface area (Å²) in [6.07, 6.45) is 4.84. The Morgan fingerprint density at radius 1 is 1.08 bits per heavy atom. The second kappa shape index (κ2) is 7.47. The molecule has 1 aromatic rings. The molecule has 1 heterocycles. The number of rotatable bonds is 4. The van der Waals surface area contributed by atoms with Gasteiger partial charge in [0.25, 0.3) is 5.91 Å². The van der Waals surface area contributed by atoms with E-state index in [4.69, 9.17) is 34.8 Å². The van der Waals surface area contributed by atoms with E-state index < -0.39 is 11.9 Å². The lowest BCUT2D eigenvalue weighted by atomic mass is 9.85.